The van der Waals surface area contributed by atoms with Gasteiger partial charge in [0.25, 0.3) is 5.91 Å². The number of halogens is 1. The van der Waals surface area contributed by atoms with Crippen molar-refractivity contribution in [1.29, 1.82) is 0 Å². The van der Waals surface area contributed by atoms with E-state index in [-0.39, 0.29) is 23.1 Å². The minimum absolute atomic E-state index is 0.0637. The third-order valence-electron chi connectivity index (χ3n) is 5.55. The molecule has 3 rings (SSSR count). The number of carbonyl (C=O) groups is 1. The summed E-state index contributed by atoms with van der Waals surface area (Å²) in [5.74, 6) is -1.06. The minimum Gasteiger partial charge on any atom is -0.387 e. The molecule has 0 aliphatic heterocycles. The van der Waals surface area contributed by atoms with Crippen LogP contribution in [0.5, 0.6) is 0 Å². The molecule has 1 heterocycles. The van der Waals surface area contributed by atoms with E-state index < -0.39 is 11.9 Å². The van der Waals surface area contributed by atoms with E-state index in [1.165, 1.54) is 24.0 Å². The lowest BCUT2D eigenvalue weighted by Gasteiger charge is -2.35. The second-order valence-electron chi connectivity index (χ2n) is 7.88. The number of benzene rings is 1. The maximum absolute atomic E-state index is 13.2. The van der Waals surface area contributed by atoms with Crippen LogP contribution in [0.2, 0.25) is 0 Å². The Kier molecular flexibility index (Phi) is 7.72. The summed E-state index contributed by atoms with van der Waals surface area (Å²) >= 11 is 0. The Hall–Kier alpha value is -3.26. The van der Waals surface area contributed by atoms with Crippen LogP contribution >= 0.6 is 0 Å². The summed E-state index contributed by atoms with van der Waals surface area (Å²) in [6.45, 7) is 3.04. The molecule has 7 nitrogen and oxygen atoms in total. The predicted octanol–water partition coefficient (Wildman–Crippen LogP) is 2.52. The molecule has 6 N–H and O–H groups in total. The summed E-state index contributed by atoms with van der Waals surface area (Å²) in [6, 6.07) is 13.6. The van der Waals surface area contributed by atoms with Crippen molar-refractivity contribution in [3.63, 3.8) is 0 Å². The first-order valence-corrected chi connectivity index (χ1v) is 10.4. The van der Waals surface area contributed by atoms with Crippen LogP contribution in [0, 0.1) is 11.9 Å². The number of amidine groups is 1. The number of aliphatic imine (C=N–C) groups is 1. The van der Waals surface area contributed by atoms with E-state index in [0.29, 0.717) is 12.0 Å². The molecule has 164 valence electrons. The Morgan fingerprint density at radius 1 is 1.26 bits per heavy atom. The van der Waals surface area contributed by atoms with Crippen LogP contribution in [0.25, 0.3) is 0 Å². The Morgan fingerprint density at radius 2 is 2.03 bits per heavy atom. The first kappa shape index (κ1) is 22.4. The van der Waals surface area contributed by atoms with Crippen molar-refractivity contribution in [3.8, 4) is 0 Å². The highest BCUT2D eigenvalue weighted by Crippen LogP contribution is 2.25. The van der Waals surface area contributed by atoms with Gasteiger partial charge in [0.15, 0.2) is 0 Å². The monoisotopic (exact) mass is 424 g/mol. The smallest absolute Gasteiger partial charge is 0.253 e. The Labute approximate surface area is 181 Å². The van der Waals surface area contributed by atoms with Gasteiger partial charge >= 0.3 is 0 Å². The highest BCUT2D eigenvalue weighted by atomic mass is 19.1. The molecule has 2 aromatic rings. The van der Waals surface area contributed by atoms with Gasteiger partial charge in [-0.15, -0.1) is 0 Å². The maximum atomic E-state index is 13.2. The molecule has 1 aliphatic carbocycles. The zero-order valence-corrected chi connectivity index (χ0v) is 17.6. The fourth-order valence-electron chi connectivity index (χ4n) is 3.81. The van der Waals surface area contributed by atoms with Gasteiger partial charge in [0.1, 0.15) is 5.84 Å². The van der Waals surface area contributed by atoms with Crippen LogP contribution < -0.4 is 22.1 Å². The molecule has 8 heteroatoms. The average molecular weight is 425 g/mol. The molecule has 0 bridgehead atoms. The molecule has 1 fully saturated rings. The normalized spacial score (nSPS) is 22.2. The Bertz CT molecular complexity index is 946. The SMILES string of the molecule is C[C@H]1C[C@H](NCc2ccccc2)CC[C@@H]1N/C=C(/C(N)=O)C(N)=Nc1ccnc(F)c1. The summed E-state index contributed by atoms with van der Waals surface area (Å²) < 4.78 is 13.2. The van der Waals surface area contributed by atoms with Crippen molar-refractivity contribution in [2.24, 2.45) is 22.4 Å². The molecular weight excluding hydrogens is 395 g/mol. The van der Waals surface area contributed by atoms with E-state index in [1.54, 1.807) is 0 Å². The van der Waals surface area contributed by atoms with Crippen LogP contribution in [-0.2, 0) is 11.3 Å². The second-order valence-corrected chi connectivity index (χ2v) is 7.88. The third kappa shape index (κ3) is 6.62. The maximum Gasteiger partial charge on any atom is 0.253 e. The molecule has 3 atom stereocenters. The number of aromatic nitrogens is 1. The zero-order chi connectivity index (χ0) is 22.2. The van der Waals surface area contributed by atoms with Crippen LogP contribution in [0.4, 0.5) is 10.1 Å². The van der Waals surface area contributed by atoms with Gasteiger partial charge < -0.3 is 22.1 Å². The second kappa shape index (κ2) is 10.7. The molecule has 0 saturated heterocycles. The van der Waals surface area contributed by atoms with Gasteiger partial charge in [-0.1, -0.05) is 37.3 Å². The third-order valence-corrected chi connectivity index (χ3v) is 5.55. The topological polar surface area (TPSA) is 118 Å². The predicted molar refractivity (Wildman–Crippen MR) is 120 cm³/mol. The van der Waals surface area contributed by atoms with Crippen molar-refractivity contribution < 1.29 is 9.18 Å². The number of amides is 1. The van der Waals surface area contributed by atoms with Gasteiger partial charge in [0, 0.05) is 37.1 Å². The Morgan fingerprint density at radius 3 is 2.71 bits per heavy atom. The molecule has 1 amide bonds. The van der Waals surface area contributed by atoms with E-state index in [2.05, 4.69) is 39.7 Å². The number of nitrogens with two attached hydrogens (primary N) is 2. The number of nitrogens with one attached hydrogen (secondary N) is 2. The largest absolute Gasteiger partial charge is 0.387 e. The van der Waals surface area contributed by atoms with E-state index >= 15 is 0 Å². The van der Waals surface area contributed by atoms with Crippen LogP contribution in [-0.4, -0.2) is 28.8 Å². The number of hydrogen-bond donors (Lipinski definition) is 4. The van der Waals surface area contributed by atoms with Crippen molar-refractivity contribution in [3.05, 3.63) is 71.9 Å². The standard InChI is InChI=1S/C23H29FN6O/c1-15-11-17(28-13-16-5-3-2-4-6-16)7-8-20(15)29-14-19(23(26)31)22(25)30-18-9-10-27-21(24)12-18/h2-6,9-10,12,14-15,17,20,28-29H,7-8,11,13H2,1H3,(H2,26,31)(H2,25,27,30)/b19-14+/t15-,17+,20-/m0/s1. The van der Waals surface area contributed by atoms with Crippen LogP contribution in [0.1, 0.15) is 31.7 Å². The summed E-state index contributed by atoms with van der Waals surface area (Å²) in [6.07, 6.45) is 5.79. The summed E-state index contributed by atoms with van der Waals surface area (Å²) in [7, 11) is 0. The minimum atomic E-state index is -0.700. The first-order chi connectivity index (χ1) is 14.9. The highest BCUT2D eigenvalue weighted by molar-refractivity contribution is 6.20. The van der Waals surface area contributed by atoms with E-state index in [0.717, 1.165) is 31.9 Å². The molecular formula is C23H29FN6O. The van der Waals surface area contributed by atoms with E-state index in [1.807, 2.05) is 18.2 Å². The molecule has 0 spiro atoms. The Balaban J connectivity index is 1.58. The lowest BCUT2D eigenvalue weighted by atomic mass is 9.82. The van der Waals surface area contributed by atoms with Crippen molar-refractivity contribution in [2.45, 2.75) is 44.8 Å². The van der Waals surface area contributed by atoms with Crippen molar-refractivity contribution in [2.75, 3.05) is 0 Å². The van der Waals surface area contributed by atoms with Crippen molar-refractivity contribution in [1.82, 2.24) is 15.6 Å². The number of nitrogens with zero attached hydrogens (tertiary/aromatic N) is 2. The lowest BCUT2D eigenvalue weighted by Crippen LogP contribution is -2.43. The molecule has 31 heavy (non-hydrogen) atoms. The average Bonchev–Trinajstić information content (AvgIpc) is 2.74. The lowest BCUT2D eigenvalue weighted by molar-refractivity contribution is -0.114. The van der Waals surface area contributed by atoms with E-state index in [9.17, 15) is 9.18 Å². The van der Waals surface area contributed by atoms with Gasteiger partial charge in [0.05, 0.1) is 11.3 Å². The first-order valence-electron chi connectivity index (χ1n) is 10.4. The number of pyridine rings is 1. The summed E-state index contributed by atoms with van der Waals surface area (Å²) in [4.78, 5) is 19.4. The van der Waals surface area contributed by atoms with Gasteiger partial charge in [0.2, 0.25) is 5.95 Å². The fourth-order valence-corrected chi connectivity index (χ4v) is 3.81. The summed E-state index contributed by atoms with van der Waals surface area (Å²) in [5, 5.41) is 6.92. The van der Waals surface area contributed by atoms with Gasteiger partial charge in [-0.3, -0.25) is 4.79 Å². The molecule has 1 aliphatic rings. The quantitative estimate of drug-likeness (QED) is 0.225. The molecule has 1 aromatic heterocycles. The molecule has 1 aromatic carbocycles. The number of rotatable bonds is 8. The number of carbonyl (C=O) groups excluding carboxylic acids is 1. The number of primary amides is 1. The molecule has 1 saturated carbocycles. The van der Waals surface area contributed by atoms with Gasteiger partial charge in [-0.05, 0) is 36.8 Å². The summed E-state index contributed by atoms with van der Waals surface area (Å²) in [5.41, 5.74) is 13.0. The van der Waals surface area contributed by atoms with Crippen molar-refractivity contribution >= 4 is 17.4 Å². The van der Waals surface area contributed by atoms with E-state index in [4.69, 9.17) is 11.5 Å². The molecule has 0 radical (unpaired) electrons. The molecule has 0 unspecified atom stereocenters. The van der Waals surface area contributed by atoms with Gasteiger partial charge in [-0.25, -0.2) is 9.98 Å². The zero-order valence-electron chi connectivity index (χ0n) is 17.6. The van der Waals surface area contributed by atoms with Gasteiger partial charge in [-0.2, -0.15) is 4.39 Å². The highest BCUT2D eigenvalue weighted by Gasteiger charge is 2.27. The van der Waals surface area contributed by atoms with Crippen LogP contribution in [0.15, 0.2) is 65.4 Å². The fraction of sp³-hybridized carbons (Fsp3) is 0.348. The number of hydrogen-bond acceptors (Lipinski definition) is 5. The van der Waals surface area contributed by atoms with Crippen LogP contribution in [0.3, 0.4) is 0 Å².